The van der Waals surface area contributed by atoms with Crippen molar-refractivity contribution in [1.82, 2.24) is 5.32 Å². The van der Waals surface area contributed by atoms with Gasteiger partial charge in [0.2, 0.25) is 0 Å². The van der Waals surface area contributed by atoms with Crippen LogP contribution in [0.25, 0.3) is 0 Å². The fourth-order valence-corrected chi connectivity index (χ4v) is 3.21. The normalized spacial score (nSPS) is 15.2. The highest BCUT2D eigenvalue weighted by Crippen LogP contribution is 2.39. The zero-order valence-electron chi connectivity index (χ0n) is 18.2. The number of carboxylic acids is 1. The van der Waals surface area contributed by atoms with E-state index in [-0.39, 0.29) is 42.4 Å². The number of anilines is 1. The fraction of sp³-hybridized carbons (Fsp3) is 0.391. The van der Waals surface area contributed by atoms with E-state index < -0.39 is 36.1 Å². The molecule has 8 nitrogen and oxygen atoms in total. The molecule has 1 atom stereocenters. The van der Waals surface area contributed by atoms with E-state index in [4.69, 9.17) is 19.3 Å². The molecule has 0 aliphatic carbocycles. The quantitative estimate of drug-likeness (QED) is 0.595. The molecule has 9 heteroatoms. The number of benzene rings is 2. The third kappa shape index (κ3) is 6.26. The van der Waals surface area contributed by atoms with Gasteiger partial charge >= 0.3 is 12.1 Å². The predicted octanol–water partition coefficient (Wildman–Crippen LogP) is 3.73. The highest BCUT2D eigenvalue weighted by molar-refractivity contribution is 5.75. The molecular weight excluding hydrogens is 419 g/mol. The highest BCUT2D eigenvalue weighted by atomic mass is 19.1. The fourth-order valence-electron chi connectivity index (χ4n) is 3.21. The Morgan fingerprint density at radius 1 is 1.25 bits per heavy atom. The standard InChI is InChI=1S/C23H27FN2O6/c1-23(2,3)32-22(29)26-15-9-16-17(31-13-15)10-18(21(20(16)24)25-11-19(27)28)30-12-14-7-5-4-6-8-14/h4-8,10,15,25H,9,11-13H2,1-3H3,(H,26,29)(H,27,28)/t15-/m0/s1. The third-order valence-corrected chi connectivity index (χ3v) is 4.56. The van der Waals surface area contributed by atoms with Gasteiger partial charge in [0, 0.05) is 18.1 Å². The average Bonchev–Trinajstić information content (AvgIpc) is 2.71. The molecule has 0 spiro atoms. The summed E-state index contributed by atoms with van der Waals surface area (Å²) in [6.45, 7) is 5.05. The predicted molar refractivity (Wildman–Crippen MR) is 116 cm³/mol. The minimum atomic E-state index is -1.14. The van der Waals surface area contributed by atoms with Gasteiger partial charge in [-0.1, -0.05) is 30.3 Å². The smallest absolute Gasteiger partial charge is 0.408 e. The number of carbonyl (C=O) groups is 2. The number of aliphatic carboxylic acids is 1. The number of carboxylic acid groups (broad SMARTS) is 1. The number of halogens is 1. The van der Waals surface area contributed by atoms with Gasteiger partial charge in [-0.15, -0.1) is 0 Å². The minimum absolute atomic E-state index is 0.0661. The van der Waals surface area contributed by atoms with E-state index in [2.05, 4.69) is 10.6 Å². The molecule has 1 aliphatic rings. The molecule has 3 N–H and O–H groups in total. The topological polar surface area (TPSA) is 106 Å². The summed E-state index contributed by atoms with van der Waals surface area (Å²) >= 11 is 0. The van der Waals surface area contributed by atoms with Crippen LogP contribution in [-0.4, -0.2) is 42.0 Å². The molecule has 1 amide bonds. The first kappa shape index (κ1) is 23.2. The van der Waals surface area contributed by atoms with E-state index in [0.29, 0.717) is 0 Å². The van der Waals surface area contributed by atoms with Gasteiger partial charge in [0.15, 0.2) is 5.82 Å². The van der Waals surface area contributed by atoms with E-state index in [9.17, 15) is 9.59 Å². The first-order valence-corrected chi connectivity index (χ1v) is 10.2. The van der Waals surface area contributed by atoms with Crippen molar-refractivity contribution in [2.75, 3.05) is 18.5 Å². The molecule has 0 radical (unpaired) electrons. The van der Waals surface area contributed by atoms with E-state index in [1.54, 1.807) is 20.8 Å². The van der Waals surface area contributed by atoms with E-state index in [1.807, 2.05) is 30.3 Å². The van der Waals surface area contributed by atoms with Crippen LogP contribution in [0.1, 0.15) is 31.9 Å². The SMILES string of the molecule is CC(C)(C)OC(=O)N[C@@H]1COc2cc(OCc3ccccc3)c(NCC(=O)O)c(F)c2C1. The molecule has 0 saturated heterocycles. The molecule has 1 heterocycles. The number of alkyl carbamates (subject to hydrolysis) is 1. The van der Waals surface area contributed by atoms with Gasteiger partial charge in [0.25, 0.3) is 0 Å². The summed E-state index contributed by atoms with van der Waals surface area (Å²) in [4.78, 5) is 23.1. The van der Waals surface area contributed by atoms with Crippen LogP contribution in [0.4, 0.5) is 14.9 Å². The number of fused-ring (bicyclic) bond motifs is 1. The Morgan fingerprint density at radius 2 is 1.97 bits per heavy atom. The minimum Gasteiger partial charge on any atom is -0.491 e. The Hall–Kier alpha value is -3.49. The van der Waals surface area contributed by atoms with Crippen LogP contribution in [-0.2, 0) is 22.6 Å². The number of nitrogens with one attached hydrogen (secondary N) is 2. The largest absolute Gasteiger partial charge is 0.491 e. The Balaban J connectivity index is 1.81. The highest BCUT2D eigenvalue weighted by Gasteiger charge is 2.29. The van der Waals surface area contributed by atoms with Crippen LogP contribution in [0.5, 0.6) is 11.5 Å². The van der Waals surface area contributed by atoms with Crippen molar-refractivity contribution in [3.05, 3.63) is 53.3 Å². The van der Waals surface area contributed by atoms with Crippen LogP contribution >= 0.6 is 0 Å². The van der Waals surface area contributed by atoms with Crippen molar-refractivity contribution < 1.29 is 33.3 Å². The molecule has 0 saturated carbocycles. The molecular formula is C23H27FN2O6. The molecule has 3 rings (SSSR count). The van der Waals surface area contributed by atoms with Crippen molar-refractivity contribution in [1.29, 1.82) is 0 Å². The number of hydrogen-bond acceptors (Lipinski definition) is 6. The van der Waals surface area contributed by atoms with Crippen LogP contribution in [0.15, 0.2) is 36.4 Å². The number of ether oxygens (including phenoxy) is 3. The van der Waals surface area contributed by atoms with E-state index in [0.717, 1.165) is 5.56 Å². The molecule has 0 aromatic heterocycles. The van der Waals surface area contributed by atoms with Gasteiger partial charge in [-0.2, -0.15) is 0 Å². The van der Waals surface area contributed by atoms with Gasteiger partial charge in [-0.3, -0.25) is 4.79 Å². The number of carbonyl (C=O) groups excluding carboxylic acids is 1. The van der Waals surface area contributed by atoms with Crippen LogP contribution in [0, 0.1) is 5.82 Å². The second-order valence-electron chi connectivity index (χ2n) is 8.42. The van der Waals surface area contributed by atoms with Crippen molar-refractivity contribution in [2.45, 2.75) is 45.4 Å². The lowest BCUT2D eigenvalue weighted by Crippen LogP contribution is -2.45. The summed E-state index contributed by atoms with van der Waals surface area (Å²) in [5.74, 6) is -1.39. The lowest BCUT2D eigenvalue weighted by atomic mass is 10.0. The van der Waals surface area contributed by atoms with Crippen LogP contribution in [0.3, 0.4) is 0 Å². The first-order valence-electron chi connectivity index (χ1n) is 10.2. The maximum absolute atomic E-state index is 15.4. The van der Waals surface area contributed by atoms with Crippen LogP contribution < -0.4 is 20.1 Å². The van der Waals surface area contributed by atoms with Crippen molar-refractivity contribution in [3.63, 3.8) is 0 Å². The monoisotopic (exact) mass is 446 g/mol. The Labute approximate surface area is 185 Å². The van der Waals surface area contributed by atoms with Crippen molar-refractivity contribution >= 4 is 17.7 Å². The van der Waals surface area contributed by atoms with Crippen LogP contribution in [0.2, 0.25) is 0 Å². The second kappa shape index (κ2) is 9.76. The molecule has 32 heavy (non-hydrogen) atoms. The van der Waals surface area contributed by atoms with E-state index >= 15 is 4.39 Å². The Bertz CT molecular complexity index is 975. The molecule has 0 fully saturated rings. The molecule has 1 aliphatic heterocycles. The van der Waals surface area contributed by atoms with Crippen molar-refractivity contribution in [3.8, 4) is 11.5 Å². The summed E-state index contributed by atoms with van der Waals surface area (Å²) in [7, 11) is 0. The number of rotatable bonds is 7. The van der Waals surface area contributed by atoms with Gasteiger partial charge in [-0.05, 0) is 26.3 Å². The molecule has 0 bridgehead atoms. The summed E-state index contributed by atoms with van der Waals surface area (Å²) in [5, 5.41) is 14.3. The summed E-state index contributed by atoms with van der Waals surface area (Å²) in [6, 6.07) is 10.3. The summed E-state index contributed by atoms with van der Waals surface area (Å²) in [5.41, 5.74) is 0.361. The summed E-state index contributed by atoms with van der Waals surface area (Å²) in [6.07, 6.45) is -0.469. The average molecular weight is 446 g/mol. The number of hydrogen-bond donors (Lipinski definition) is 3. The third-order valence-electron chi connectivity index (χ3n) is 4.56. The van der Waals surface area contributed by atoms with Gasteiger partial charge < -0.3 is 30.0 Å². The van der Waals surface area contributed by atoms with Gasteiger partial charge in [0.05, 0.1) is 6.04 Å². The second-order valence-corrected chi connectivity index (χ2v) is 8.42. The Kier molecular flexibility index (Phi) is 7.07. The molecule has 0 unspecified atom stereocenters. The van der Waals surface area contributed by atoms with E-state index in [1.165, 1.54) is 6.07 Å². The lowest BCUT2D eigenvalue weighted by Gasteiger charge is -2.29. The lowest BCUT2D eigenvalue weighted by molar-refractivity contribution is -0.134. The maximum atomic E-state index is 15.4. The Morgan fingerprint density at radius 3 is 2.62 bits per heavy atom. The first-order chi connectivity index (χ1) is 15.1. The zero-order chi connectivity index (χ0) is 23.3. The molecule has 2 aromatic carbocycles. The number of amides is 1. The zero-order valence-corrected chi connectivity index (χ0v) is 18.2. The van der Waals surface area contributed by atoms with Gasteiger partial charge in [-0.25, -0.2) is 9.18 Å². The maximum Gasteiger partial charge on any atom is 0.408 e. The molecule has 2 aromatic rings. The van der Waals surface area contributed by atoms with Crippen molar-refractivity contribution in [2.24, 2.45) is 0 Å². The van der Waals surface area contributed by atoms with Gasteiger partial charge in [0.1, 0.15) is 42.5 Å². The summed E-state index contributed by atoms with van der Waals surface area (Å²) < 4.78 is 32.1. The molecule has 172 valence electrons.